The summed E-state index contributed by atoms with van der Waals surface area (Å²) in [5, 5.41) is 6.68. The molecule has 0 bridgehead atoms. The number of guanidine groups is 1. The van der Waals surface area contributed by atoms with Crippen LogP contribution in [0.25, 0.3) is 0 Å². The maximum absolute atomic E-state index is 14.2. The van der Waals surface area contributed by atoms with Gasteiger partial charge in [-0.15, -0.1) is 0 Å². The average molecular weight is 369 g/mol. The highest BCUT2D eigenvalue weighted by Gasteiger charge is 2.45. The molecule has 6 heteroatoms. The number of benzene rings is 1. The van der Waals surface area contributed by atoms with Gasteiger partial charge in [-0.2, -0.15) is 0 Å². The molecule has 0 atom stereocenters. The number of rotatable bonds is 7. The van der Waals surface area contributed by atoms with E-state index in [4.69, 9.17) is 0 Å². The molecule has 0 aliphatic heterocycles. The zero-order chi connectivity index (χ0) is 19.3. The molecule has 1 fully saturated rings. The van der Waals surface area contributed by atoms with E-state index in [1.807, 2.05) is 50.2 Å². The minimum atomic E-state index is -0.119. The molecule has 0 saturated heterocycles. The van der Waals surface area contributed by atoms with Gasteiger partial charge in [-0.1, -0.05) is 18.2 Å². The van der Waals surface area contributed by atoms with Gasteiger partial charge in [0.2, 0.25) is 0 Å². The van der Waals surface area contributed by atoms with Gasteiger partial charge in [-0.05, 0) is 49.1 Å². The van der Waals surface area contributed by atoms with Gasteiger partial charge in [0.1, 0.15) is 11.6 Å². The summed E-state index contributed by atoms with van der Waals surface area (Å²) in [6.07, 6.45) is 3.80. The zero-order valence-corrected chi connectivity index (χ0v) is 16.3. The molecular weight excluding hydrogens is 341 g/mol. The van der Waals surface area contributed by atoms with Crippen LogP contribution >= 0.6 is 0 Å². The lowest BCUT2D eigenvalue weighted by Crippen LogP contribution is -2.41. The van der Waals surface area contributed by atoms with Gasteiger partial charge >= 0.3 is 0 Å². The van der Waals surface area contributed by atoms with Gasteiger partial charge in [-0.25, -0.2) is 14.4 Å². The highest BCUT2D eigenvalue weighted by Crippen LogP contribution is 2.48. The van der Waals surface area contributed by atoms with Crippen molar-refractivity contribution >= 4 is 11.8 Å². The first-order chi connectivity index (χ1) is 13.0. The highest BCUT2D eigenvalue weighted by molar-refractivity contribution is 5.80. The largest absolute Gasteiger partial charge is 0.363 e. The minimum absolute atomic E-state index is 0.115. The molecule has 1 aliphatic carbocycles. The predicted octanol–water partition coefficient (Wildman–Crippen LogP) is 3.07. The van der Waals surface area contributed by atoms with Crippen LogP contribution in [0.5, 0.6) is 0 Å². The number of nitrogens with one attached hydrogen (secondary N) is 2. The van der Waals surface area contributed by atoms with Crippen molar-refractivity contribution in [2.24, 2.45) is 4.99 Å². The summed E-state index contributed by atoms with van der Waals surface area (Å²) in [4.78, 5) is 11.0. The van der Waals surface area contributed by atoms with Crippen molar-refractivity contribution < 1.29 is 4.39 Å². The van der Waals surface area contributed by atoms with E-state index < -0.39 is 0 Å². The van der Waals surface area contributed by atoms with Gasteiger partial charge in [0.25, 0.3) is 0 Å². The van der Waals surface area contributed by atoms with Crippen molar-refractivity contribution in [3.8, 4) is 0 Å². The van der Waals surface area contributed by atoms with Gasteiger partial charge in [0, 0.05) is 38.8 Å². The maximum atomic E-state index is 14.2. The lowest BCUT2D eigenvalue weighted by atomic mass is 9.95. The van der Waals surface area contributed by atoms with E-state index in [0.29, 0.717) is 13.1 Å². The van der Waals surface area contributed by atoms with Crippen LogP contribution in [-0.4, -0.2) is 38.1 Å². The van der Waals surface area contributed by atoms with Crippen LogP contribution in [0.1, 0.15) is 30.9 Å². The highest BCUT2D eigenvalue weighted by atomic mass is 19.1. The predicted molar refractivity (Wildman–Crippen MR) is 109 cm³/mol. The lowest BCUT2D eigenvalue weighted by molar-refractivity contribution is 0.559. The number of anilines is 1. The number of pyridine rings is 1. The standard InChI is InChI=1S/C21H28FN5/c1-4-23-20(25-14-16-9-12-24-19(13-16)27(2)3)26-15-21(10-11-21)17-7-5-6-8-18(17)22/h5-9,12-13H,4,10-11,14-15H2,1-3H3,(H2,23,25,26). The van der Waals surface area contributed by atoms with E-state index in [1.165, 1.54) is 0 Å². The SMILES string of the molecule is CCNC(=NCc1ccnc(N(C)C)c1)NCC1(c2ccccc2F)CC1. The lowest BCUT2D eigenvalue weighted by Gasteiger charge is -2.19. The number of nitrogens with zero attached hydrogens (tertiary/aromatic N) is 3. The topological polar surface area (TPSA) is 52.6 Å². The Bertz CT molecular complexity index is 799. The number of aromatic nitrogens is 1. The first-order valence-electron chi connectivity index (χ1n) is 9.43. The summed E-state index contributed by atoms with van der Waals surface area (Å²) in [6.45, 7) is 4.06. The van der Waals surface area contributed by atoms with E-state index in [-0.39, 0.29) is 11.2 Å². The smallest absolute Gasteiger partial charge is 0.191 e. The average Bonchev–Trinajstić information content (AvgIpc) is 3.45. The minimum Gasteiger partial charge on any atom is -0.363 e. The Kier molecular flexibility index (Phi) is 5.94. The monoisotopic (exact) mass is 369 g/mol. The third-order valence-corrected chi connectivity index (χ3v) is 4.93. The van der Waals surface area contributed by atoms with E-state index in [1.54, 1.807) is 18.3 Å². The van der Waals surface area contributed by atoms with Crippen molar-refractivity contribution in [1.82, 2.24) is 15.6 Å². The fraction of sp³-hybridized carbons (Fsp3) is 0.429. The van der Waals surface area contributed by atoms with E-state index >= 15 is 0 Å². The Balaban J connectivity index is 1.66. The second-order valence-corrected chi connectivity index (χ2v) is 7.23. The molecule has 3 rings (SSSR count). The van der Waals surface area contributed by atoms with Crippen LogP contribution in [-0.2, 0) is 12.0 Å². The Hall–Kier alpha value is -2.63. The zero-order valence-electron chi connectivity index (χ0n) is 16.3. The molecule has 27 heavy (non-hydrogen) atoms. The molecule has 144 valence electrons. The summed E-state index contributed by atoms with van der Waals surface area (Å²) >= 11 is 0. The van der Waals surface area contributed by atoms with Crippen LogP contribution in [0.15, 0.2) is 47.6 Å². The molecule has 0 radical (unpaired) electrons. The maximum Gasteiger partial charge on any atom is 0.191 e. The third-order valence-electron chi connectivity index (χ3n) is 4.93. The Morgan fingerprint density at radius 2 is 2.00 bits per heavy atom. The van der Waals surface area contributed by atoms with Crippen LogP contribution in [0.4, 0.5) is 10.2 Å². The number of aliphatic imine (C=N–C) groups is 1. The van der Waals surface area contributed by atoms with E-state index in [0.717, 1.165) is 42.3 Å². The quantitative estimate of drug-likeness (QED) is 0.582. The van der Waals surface area contributed by atoms with Gasteiger partial charge in [0.15, 0.2) is 5.96 Å². The number of hydrogen-bond donors (Lipinski definition) is 2. The second kappa shape index (κ2) is 8.37. The molecular formula is C21H28FN5. The fourth-order valence-corrected chi connectivity index (χ4v) is 3.15. The molecule has 2 aromatic rings. The molecule has 1 aromatic carbocycles. The van der Waals surface area contributed by atoms with Crippen molar-refractivity contribution in [2.75, 3.05) is 32.1 Å². The van der Waals surface area contributed by atoms with Gasteiger partial charge < -0.3 is 15.5 Å². The molecule has 1 saturated carbocycles. The van der Waals surface area contributed by atoms with Gasteiger partial charge in [-0.3, -0.25) is 0 Å². The number of hydrogen-bond acceptors (Lipinski definition) is 3. The van der Waals surface area contributed by atoms with Crippen LogP contribution in [0.3, 0.4) is 0 Å². The van der Waals surface area contributed by atoms with Crippen molar-refractivity contribution in [2.45, 2.75) is 31.7 Å². The normalized spacial score (nSPS) is 15.3. The number of halogens is 1. The molecule has 5 nitrogen and oxygen atoms in total. The summed E-state index contributed by atoms with van der Waals surface area (Å²) in [7, 11) is 3.94. The molecule has 0 unspecified atom stereocenters. The summed E-state index contributed by atoms with van der Waals surface area (Å²) in [5.41, 5.74) is 1.79. The van der Waals surface area contributed by atoms with Crippen LogP contribution < -0.4 is 15.5 Å². The van der Waals surface area contributed by atoms with E-state index in [2.05, 4.69) is 20.6 Å². The van der Waals surface area contributed by atoms with Crippen molar-refractivity contribution in [3.05, 3.63) is 59.5 Å². The summed E-state index contributed by atoms with van der Waals surface area (Å²) in [6, 6.07) is 11.1. The summed E-state index contributed by atoms with van der Waals surface area (Å²) < 4.78 is 14.2. The van der Waals surface area contributed by atoms with E-state index in [9.17, 15) is 4.39 Å². The molecule has 0 spiro atoms. The fourth-order valence-electron chi connectivity index (χ4n) is 3.15. The second-order valence-electron chi connectivity index (χ2n) is 7.23. The first-order valence-corrected chi connectivity index (χ1v) is 9.43. The van der Waals surface area contributed by atoms with Crippen molar-refractivity contribution in [1.29, 1.82) is 0 Å². The Morgan fingerprint density at radius 3 is 2.67 bits per heavy atom. The van der Waals surface area contributed by atoms with Gasteiger partial charge in [0.05, 0.1) is 6.54 Å². The Morgan fingerprint density at radius 1 is 1.22 bits per heavy atom. The molecule has 0 amide bonds. The molecule has 1 aliphatic rings. The molecule has 1 heterocycles. The first kappa shape index (κ1) is 19.1. The van der Waals surface area contributed by atoms with Crippen LogP contribution in [0, 0.1) is 5.82 Å². The molecule has 1 aromatic heterocycles. The third kappa shape index (κ3) is 4.76. The summed E-state index contributed by atoms with van der Waals surface area (Å²) in [5.74, 6) is 1.55. The van der Waals surface area contributed by atoms with Crippen molar-refractivity contribution in [3.63, 3.8) is 0 Å². The molecule has 2 N–H and O–H groups in total. The Labute approximate surface area is 160 Å². The van der Waals surface area contributed by atoms with Crippen LogP contribution in [0.2, 0.25) is 0 Å².